The van der Waals surface area contributed by atoms with Crippen molar-refractivity contribution in [3.8, 4) is 11.5 Å². The highest BCUT2D eigenvalue weighted by atomic mass is 35.5. The van der Waals surface area contributed by atoms with Crippen molar-refractivity contribution in [2.45, 2.75) is 58.4 Å². The van der Waals surface area contributed by atoms with Gasteiger partial charge in [-0.15, -0.1) is 0 Å². The van der Waals surface area contributed by atoms with Gasteiger partial charge in [0, 0.05) is 37.7 Å². The summed E-state index contributed by atoms with van der Waals surface area (Å²) in [5.74, 6) is 1.21. The number of carbonyl (C=O) groups excluding carboxylic acids is 2. The number of hydrogen-bond donors (Lipinski definition) is 0. The first-order valence-electron chi connectivity index (χ1n) is 10.7. The fourth-order valence-electron chi connectivity index (χ4n) is 4.03. The smallest absolute Gasteiger partial charge is 0.254 e. The minimum absolute atomic E-state index is 0.0563. The second-order valence-corrected chi connectivity index (χ2v) is 8.04. The third kappa shape index (κ3) is 5.16. The molecule has 2 amide bonds. The standard InChI is InChI=1S/C22H31ClN2O4/c1-3-5-13-29-21-18(23)14-16(15-19(21)28-4-2)22(27)24-11-8-17(9-12-24)25-10-6-7-20(25)26/h14-15,17H,3-13H2,1-2H3. The zero-order valence-electron chi connectivity index (χ0n) is 17.4. The zero-order valence-corrected chi connectivity index (χ0v) is 18.2. The van der Waals surface area contributed by atoms with E-state index >= 15 is 0 Å². The summed E-state index contributed by atoms with van der Waals surface area (Å²) in [5, 5.41) is 0.396. The van der Waals surface area contributed by atoms with Gasteiger partial charge in [-0.05, 0) is 44.7 Å². The summed E-state index contributed by atoms with van der Waals surface area (Å²) in [7, 11) is 0. The molecule has 2 aliphatic heterocycles. The monoisotopic (exact) mass is 422 g/mol. The maximum atomic E-state index is 13.1. The van der Waals surface area contributed by atoms with Crippen LogP contribution in [0.3, 0.4) is 0 Å². The van der Waals surface area contributed by atoms with Crippen molar-refractivity contribution in [1.29, 1.82) is 0 Å². The minimum atomic E-state index is -0.0563. The summed E-state index contributed by atoms with van der Waals surface area (Å²) in [6.07, 6.45) is 5.20. The van der Waals surface area contributed by atoms with Crippen LogP contribution in [0.2, 0.25) is 5.02 Å². The second-order valence-electron chi connectivity index (χ2n) is 7.63. The van der Waals surface area contributed by atoms with Crippen LogP contribution in [0.25, 0.3) is 0 Å². The van der Waals surface area contributed by atoms with Gasteiger partial charge in [-0.25, -0.2) is 0 Å². The number of ether oxygens (including phenoxy) is 2. The molecule has 6 nitrogen and oxygen atoms in total. The van der Waals surface area contributed by atoms with Crippen molar-refractivity contribution in [2.24, 2.45) is 0 Å². The molecule has 0 radical (unpaired) electrons. The van der Waals surface area contributed by atoms with Crippen molar-refractivity contribution >= 4 is 23.4 Å². The lowest BCUT2D eigenvalue weighted by Gasteiger charge is -2.36. The number of unbranched alkanes of at least 4 members (excludes halogenated alkanes) is 1. The lowest BCUT2D eigenvalue weighted by Crippen LogP contribution is -2.47. The van der Waals surface area contributed by atoms with E-state index in [0.29, 0.717) is 54.8 Å². The van der Waals surface area contributed by atoms with Gasteiger partial charge < -0.3 is 19.3 Å². The predicted octanol–water partition coefficient (Wildman–Crippen LogP) is 4.14. The van der Waals surface area contributed by atoms with Gasteiger partial charge in [0.1, 0.15) is 0 Å². The molecule has 0 spiro atoms. The van der Waals surface area contributed by atoms with E-state index in [-0.39, 0.29) is 17.9 Å². The van der Waals surface area contributed by atoms with Gasteiger partial charge in [0.05, 0.1) is 18.2 Å². The Morgan fingerprint density at radius 2 is 1.93 bits per heavy atom. The van der Waals surface area contributed by atoms with Crippen molar-refractivity contribution in [2.75, 3.05) is 32.8 Å². The normalized spacial score (nSPS) is 17.7. The fraction of sp³-hybridized carbons (Fsp3) is 0.636. The quantitative estimate of drug-likeness (QED) is 0.590. The van der Waals surface area contributed by atoms with Crippen LogP contribution in [0.1, 0.15) is 62.7 Å². The Bertz CT molecular complexity index is 732. The number of carbonyl (C=O) groups is 2. The summed E-state index contributed by atoms with van der Waals surface area (Å²) in [6, 6.07) is 3.66. The van der Waals surface area contributed by atoms with Crippen molar-refractivity contribution < 1.29 is 19.1 Å². The van der Waals surface area contributed by atoms with Crippen LogP contribution in [0.4, 0.5) is 0 Å². The number of rotatable bonds is 8. The summed E-state index contributed by atoms with van der Waals surface area (Å²) in [5.41, 5.74) is 0.511. The molecule has 0 N–H and O–H groups in total. The average Bonchev–Trinajstić information content (AvgIpc) is 3.15. The molecule has 160 valence electrons. The SMILES string of the molecule is CCCCOc1c(Cl)cc(C(=O)N2CCC(N3CCCC3=O)CC2)cc1OCC. The number of nitrogens with zero attached hydrogens (tertiary/aromatic N) is 2. The van der Waals surface area contributed by atoms with Crippen LogP contribution in [0.15, 0.2) is 12.1 Å². The Balaban J connectivity index is 1.68. The predicted molar refractivity (Wildman–Crippen MR) is 113 cm³/mol. The van der Waals surface area contributed by atoms with E-state index in [1.54, 1.807) is 12.1 Å². The average molecular weight is 423 g/mol. The van der Waals surface area contributed by atoms with Gasteiger partial charge in [-0.2, -0.15) is 0 Å². The Labute approximate surface area is 178 Å². The van der Waals surface area contributed by atoms with E-state index < -0.39 is 0 Å². The number of halogens is 1. The van der Waals surface area contributed by atoms with Gasteiger partial charge >= 0.3 is 0 Å². The molecule has 2 aliphatic rings. The first-order chi connectivity index (χ1) is 14.0. The molecule has 0 bridgehead atoms. The van der Waals surface area contributed by atoms with Crippen LogP contribution in [-0.2, 0) is 4.79 Å². The first kappa shape index (κ1) is 21.8. The lowest BCUT2D eigenvalue weighted by molar-refractivity contribution is -0.130. The second kappa shape index (κ2) is 10.2. The van der Waals surface area contributed by atoms with Crippen molar-refractivity contribution in [3.05, 3.63) is 22.7 Å². The lowest BCUT2D eigenvalue weighted by atomic mass is 10.0. The van der Waals surface area contributed by atoms with E-state index in [9.17, 15) is 9.59 Å². The molecule has 0 unspecified atom stereocenters. The molecule has 2 heterocycles. The Morgan fingerprint density at radius 1 is 1.17 bits per heavy atom. The number of hydrogen-bond acceptors (Lipinski definition) is 4. The number of benzene rings is 1. The maximum Gasteiger partial charge on any atom is 0.254 e. The molecular formula is C22H31ClN2O4. The zero-order chi connectivity index (χ0) is 20.8. The molecule has 0 atom stereocenters. The highest BCUT2D eigenvalue weighted by molar-refractivity contribution is 6.32. The number of likely N-dealkylation sites (tertiary alicyclic amines) is 2. The molecule has 2 fully saturated rings. The molecule has 7 heteroatoms. The third-order valence-corrected chi connectivity index (χ3v) is 5.88. The number of piperidine rings is 1. The van der Waals surface area contributed by atoms with Gasteiger partial charge in [-0.1, -0.05) is 24.9 Å². The van der Waals surface area contributed by atoms with Crippen molar-refractivity contribution in [3.63, 3.8) is 0 Å². The molecule has 29 heavy (non-hydrogen) atoms. The Morgan fingerprint density at radius 3 is 2.55 bits per heavy atom. The van der Waals surface area contributed by atoms with Crippen LogP contribution >= 0.6 is 11.6 Å². The molecule has 1 aromatic rings. The van der Waals surface area contributed by atoms with Gasteiger partial charge in [0.25, 0.3) is 5.91 Å². The fourth-order valence-corrected chi connectivity index (χ4v) is 4.30. The maximum absolute atomic E-state index is 13.1. The molecular weight excluding hydrogens is 392 g/mol. The molecule has 0 aromatic heterocycles. The number of amides is 2. The van der Waals surface area contributed by atoms with Crippen molar-refractivity contribution in [1.82, 2.24) is 9.80 Å². The summed E-state index contributed by atoms with van der Waals surface area (Å²) in [6.45, 7) is 7.15. The summed E-state index contributed by atoms with van der Waals surface area (Å²) in [4.78, 5) is 28.9. The van der Waals surface area contributed by atoms with E-state index in [0.717, 1.165) is 38.6 Å². The summed E-state index contributed by atoms with van der Waals surface area (Å²) < 4.78 is 11.5. The molecule has 0 saturated carbocycles. The van der Waals surface area contributed by atoms with Gasteiger partial charge in [0.2, 0.25) is 5.91 Å². The van der Waals surface area contributed by atoms with Gasteiger partial charge in [0.15, 0.2) is 11.5 Å². The highest BCUT2D eigenvalue weighted by Gasteiger charge is 2.32. The highest BCUT2D eigenvalue weighted by Crippen LogP contribution is 2.37. The van der Waals surface area contributed by atoms with Crippen LogP contribution in [-0.4, -0.2) is 60.5 Å². The molecule has 2 saturated heterocycles. The van der Waals surface area contributed by atoms with Crippen LogP contribution in [0.5, 0.6) is 11.5 Å². The Kier molecular flexibility index (Phi) is 7.64. The van der Waals surface area contributed by atoms with E-state index in [1.807, 2.05) is 16.7 Å². The third-order valence-electron chi connectivity index (χ3n) is 5.60. The van der Waals surface area contributed by atoms with Crippen LogP contribution in [0, 0.1) is 0 Å². The summed E-state index contributed by atoms with van der Waals surface area (Å²) >= 11 is 6.44. The van der Waals surface area contributed by atoms with E-state index in [1.165, 1.54) is 0 Å². The van der Waals surface area contributed by atoms with E-state index in [4.69, 9.17) is 21.1 Å². The van der Waals surface area contributed by atoms with E-state index in [2.05, 4.69) is 6.92 Å². The van der Waals surface area contributed by atoms with Gasteiger partial charge in [-0.3, -0.25) is 9.59 Å². The molecule has 1 aromatic carbocycles. The molecule has 0 aliphatic carbocycles. The minimum Gasteiger partial charge on any atom is -0.490 e. The first-order valence-corrected chi connectivity index (χ1v) is 11.1. The topological polar surface area (TPSA) is 59.1 Å². The van der Waals surface area contributed by atoms with Crippen LogP contribution < -0.4 is 9.47 Å². The Hall–Kier alpha value is -1.95. The molecule has 3 rings (SSSR count). The largest absolute Gasteiger partial charge is 0.490 e.